The van der Waals surface area contributed by atoms with E-state index in [4.69, 9.17) is 4.63 Å². The SMILES string of the molecule is CC1Cc2ccccc2N1C(=O)C1CCN(S(=O)(=O)c2cccc3nonc23)CC1. The zero-order valence-corrected chi connectivity index (χ0v) is 17.4. The minimum atomic E-state index is -3.74. The number of para-hydroxylation sites is 1. The zero-order valence-electron chi connectivity index (χ0n) is 16.6. The number of nitrogens with zero attached hydrogens (tertiary/aromatic N) is 4. The molecule has 3 heterocycles. The number of carbonyl (C=O) groups is 1. The molecule has 0 N–H and O–H groups in total. The molecule has 1 fully saturated rings. The van der Waals surface area contributed by atoms with Gasteiger partial charge in [0.15, 0.2) is 5.52 Å². The van der Waals surface area contributed by atoms with Gasteiger partial charge in [0.2, 0.25) is 15.9 Å². The Balaban J connectivity index is 1.33. The highest BCUT2D eigenvalue weighted by molar-refractivity contribution is 7.89. The number of fused-ring (bicyclic) bond motifs is 2. The number of piperidine rings is 1. The normalized spacial score (nSPS) is 20.6. The van der Waals surface area contributed by atoms with E-state index in [0.717, 1.165) is 12.1 Å². The second-order valence-corrected chi connectivity index (χ2v) is 9.86. The fourth-order valence-electron chi connectivity index (χ4n) is 4.57. The Morgan fingerprint density at radius 2 is 1.83 bits per heavy atom. The Kier molecular flexibility index (Phi) is 4.59. The van der Waals surface area contributed by atoms with Crippen LogP contribution in [-0.4, -0.2) is 48.1 Å². The molecule has 9 heteroatoms. The summed E-state index contributed by atoms with van der Waals surface area (Å²) in [6.45, 7) is 2.65. The lowest BCUT2D eigenvalue weighted by Gasteiger charge is -2.34. The number of aromatic nitrogens is 2. The van der Waals surface area contributed by atoms with Crippen molar-refractivity contribution in [2.75, 3.05) is 18.0 Å². The van der Waals surface area contributed by atoms with Gasteiger partial charge in [-0.3, -0.25) is 4.79 Å². The average molecular weight is 426 g/mol. The monoisotopic (exact) mass is 426 g/mol. The van der Waals surface area contributed by atoms with Gasteiger partial charge in [-0.15, -0.1) is 0 Å². The second-order valence-electron chi connectivity index (χ2n) is 7.96. The molecule has 1 aromatic heterocycles. The molecule has 5 rings (SSSR count). The fraction of sp³-hybridized carbons (Fsp3) is 0.381. The summed E-state index contributed by atoms with van der Waals surface area (Å²) in [4.78, 5) is 15.3. The number of anilines is 1. The van der Waals surface area contributed by atoms with Crippen LogP contribution in [0.5, 0.6) is 0 Å². The molecule has 8 nitrogen and oxygen atoms in total. The Bertz CT molecular complexity index is 1210. The summed E-state index contributed by atoms with van der Waals surface area (Å²) in [5.41, 5.74) is 2.81. The molecule has 156 valence electrons. The van der Waals surface area contributed by atoms with Crippen LogP contribution < -0.4 is 4.90 Å². The van der Waals surface area contributed by atoms with Gasteiger partial charge in [-0.05, 0) is 60.3 Å². The summed E-state index contributed by atoms with van der Waals surface area (Å²) in [5.74, 6) is -0.0955. The maximum absolute atomic E-state index is 13.3. The predicted molar refractivity (Wildman–Crippen MR) is 110 cm³/mol. The highest BCUT2D eigenvalue weighted by atomic mass is 32.2. The van der Waals surface area contributed by atoms with E-state index in [1.54, 1.807) is 12.1 Å². The van der Waals surface area contributed by atoms with Crippen LogP contribution in [0, 0.1) is 5.92 Å². The summed E-state index contributed by atoms with van der Waals surface area (Å²) >= 11 is 0. The van der Waals surface area contributed by atoms with E-state index in [9.17, 15) is 13.2 Å². The van der Waals surface area contributed by atoms with Crippen molar-refractivity contribution >= 4 is 32.7 Å². The van der Waals surface area contributed by atoms with Crippen molar-refractivity contribution in [1.82, 2.24) is 14.6 Å². The van der Waals surface area contributed by atoms with Gasteiger partial charge in [0.1, 0.15) is 10.4 Å². The highest BCUT2D eigenvalue weighted by Crippen LogP contribution is 2.35. The van der Waals surface area contributed by atoms with E-state index < -0.39 is 10.0 Å². The molecule has 2 aromatic carbocycles. The molecule has 2 aliphatic heterocycles. The smallest absolute Gasteiger partial charge is 0.245 e. The summed E-state index contributed by atoms with van der Waals surface area (Å²) in [6, 6.07) is 12.9. The van der Waals surface area contributed by atoms with Gasteiger partial charge in [0.05, 0.1) is 0 Å². The number of hydrogen-bond donors (Lipinski definition) is 0. The number of sulfonamides is 1. The van der Waals surface area contributed by atoms with Crippen molar-refractivity contribution in [2.24, 2.45) is 5.92 Å². The summed E-state index contributed by atoms with van der Waals surface area (Å²) in [6.07, 6.45) is 1.85. The van der Waals surface area contributed by atoms with Gasteiger partial charge >= 0.3 is 0 Å². The van der Waals surface area contributed by atoms with E-state index in [0.29, 0.717) is 31.4 Å². The quantitative estimate of drug-likeness (QED) is 0.639. The van der Waals surface area contributed by atoms with Crippen molar-refractivity contribution < 1.29 is 17.8 Å². The average Bonchev–Trinajstić information content (AvgIpc) is 3.36. The third kappa shape index (κ3) is 3.00. The lowest BCUT2D eigenvalue weighted by atomic mass is 9.96. The number of hydrogen-bond acceptors (Lipinski definition) is 6. The molecule has 1 atom stereocenters. The zero-order chi connectivity index (χ0) is 20.9. The highest BCUT2D eigenvalue weighted by Gasteiger charge is 2.38. The molecular weight excluding hydrogens is 404 g/mol. The van der Waals surface area contributed by atoms with Gasteiger partial charge in [0, 0.05) is 30.7 Å². The van der Waals surface area contributed by atoms with Crippen molar-refractivity contribution in [3.63, 3.8) is 0 Å². The lowest BCUT2D eigenvalue weighted by Crippen LogP contribution is -2.46. The van der Waals surface area contributed by atoms with Crippen molar-refractivity contribution in [2.45, 2.75) is 37.1 Å². The first kappa shape index (κ1) is 19.2. The summed E-state index contributed by atoms with van der Waals surface area (Å²) in [7, 11) is -3.74. The first-order valence-corrected chi connectivity index (χ1v) is 11.5. The molecule has 1 saturated heterocycles. The predicted octanol–water partition coefficient (Wildman–Crippen LogP) is 2.60. The first-order valence-electron chi connectivity index (χ1n) is 10.1. The van der Waals surface area contributed by atoms with Crippen LogP contribution >= 0.6 is 0 Å². The van der Waals surface area contributed by atoms with Crippen LogP contribution in [0.1, 0.15) is 25.3 Å². The van der Waals surface area contributed by atoms with E-state index >= 15 is 0 Å². The second kappa shape index (κ2) is 7.17. The van der Waals surface area contributed by atoms with Gasteiger partial charge in [-0.25, -0.2) is 13.0 Å². The largest absolute Gasteiger partial charge is 0.309 e. The molecule has 0 bridgehead atoms. The standard InChI is InChI=1S/C21H22N4O4S/c1-14-13-16-5-2-3-7-18(16)25(14)21(26)15-9-11-24(12-10-15)30(27,28)19-8-4-6-17-20(19)23-29-22-17/h2-8,14-15H,9-13H2,1H3. The number of rotatable bonds is 3. The van der Waals surface area contributed by atoms with Crippen LogP contribution in [0.15, 0.2) is 52.0 Å². The maximum Gasteiger partial charge on any atom is 0.245 e. The van der Waals surface area contributed by atoms with Crippen LogP contribution in [0.4, 0.5) is 5.69 Å². The van der Waals surface area contributed by atoms with Crippen LogP contribution in [0.3, 0.4) is 0 Å². The van der Waals surface area contributed by atoms with Gasteiger partial charge < -0.3 is 4.90 Å². The Labute approximate surface area is 174 Å². The molecular formula is C21H22N4O4S. The third-order valence-electron chi connectivity index (χ3n) is 6.11. The van der Waals surface area contributed by atoms with E-state index in [-0.39, 0.29) is 28.3 Å². The third-order valence-corrected chi connectivity index (χ3v) is 8.04. The molecule has 0 spiro atoms. The van der Waals surface area contributed by atoms with Crippen molar-refractivity contribution in [1.29, 1.82) is 0 Å². The molecule has 1 amide bonds. The minimum Gasteiger partial charge on any atom is -0.309 e. The lowest BCUT2D eigenvalue weighted by molar-refractivity contribution is -0.123. The Hall–Kier alpha value is -2.78. The molecule has 2 aliphatic rings. The topological polar surface area (TPSA) is 96.6 Å². The van der Waals surface area contributed by atoms with Crippen LogP contribution in [-0.2, 0) is 21.2 Å². The van der Waals surface area contributed by atoms with E-state index in [1.165, 1.54) is 15.9 Å². The summed E-state index contributed by atoms with van der Waals surface area (Å²) < 4.78 is 32.5. The van der Waals surface area contributed by atoms with Gasteiger partial charge in [0.25, 0.3) is 0 Å². The Morgan fingerprint density at radius 3 is 2.63 bits per heavy atom. The molecule has 0 saturated carbocycles. The Morgan fingerprint density at radius 1 is 1.07 bits per heavy atom. The van der Waals surface area contributed by atoms with Gasteiger partial charge in [-0.1, -0.05) is 24.3 Å². The molecule has 0 radical (unpaired) electrons. The molecule has 30 heavy (non-hydrogen) atoms. The van der Waals surface area contributed by atoms with Crippen LogP contribution in [0.25, 0.3) is 11.0 Å². The maximum atomic E-state index is 13.3. The molecule has 1 unspecified atom stereocenters. The number of benzene rings is 2. The molecule has 3 aromatic rings. The van der Waals surface area contributed by atoms with E-state index in [1.807, 2.05) is 23.1 Å². The summed E-state index contributed by atoms with van der Waals surface area (Å²) in [5, 5.41) is 7.48. The van der Waals surface area contributed by atoms with Crippen LogP contribution in [0.2, 0.25) is 0 Å². The van der Waals surface area contributed by atoms with Crippen molar-refractivity contribution in [3.05, 3.63) is 48.0 Å². The minimum absolute atomic E-state index is 0.0901. The fourth-order valence-corrected chi connectivity index (χ4v) is 6.18. The van der Waals surface area contributed by atoms with Crippen molar-refractivity contribution in [3.8, 4) is 0 Å². The van der Waals surface area contributed by atoms with E-state index in [2.05, 4.69) is 23.3 Å². The number of carbonyl (C=O) groups excluding carboxylic acids is 1. The molecule has 0 aliphatic carbocycles. The first-order chi connectivity index (χ1) is 14.5. The number of amides is 1. The van der Waals surface area contributed by atoms with Gasteiger partial charge in [-0.2, -0.15) is 4.31 Å².